The van der Waals surface area contributed by atoms with Crippen molar-refractivity contribution in [3.63, 3.8) is 0 Å². The minimum absolute atomic E-state index is 0.217. The summed E-state index contributed by atoms with van der Waals surface area (Å²) >= 11 is 6.62. The number of nitrogens with zero attached hydrogens (tertiary/aromatic N) is 3. The maximum absolute atomic E-state index is 13.4. The number of pyridine rings is 1. The second-order valence-corrected chi connectivity index (χ2v) is 9.61. The lowest BCUT2D eigenvalue weighted by atomic mass is 9.95. The van der Waals surface area contributed by atoms with E-state index in [0.717, 1.165) is 25.7 Å². The van der Waals surface area contributed by atoms with Crippen LogP contribution >= 0.6 is 24.0 Å². The minimum atomic E-state index is -0.238. The Labute approximate surface area is 194 Å². The smallest absolute Gasteiger partial charge is 0.267 e. The molecule has 1 N–H and O–H groups in total. The fraction of sp³-hybridized carbons (Fsp3) is 0.304. The molecule has 3 aromatic rings. The van der Waals surface area contributed by atoms with Gasteiger partial charge in [0.1, 0.15) is 21.5 Å². The number of nitrogens with one attached hydrogen (secondary N) is 1. The van der Waals surface area contributed by atoms with E-state index in [2.05, 4.69) is 5.32 Å². The van der Waals surface area contributed by atoms with Gasteiger partial charge in [0.2, 0.25) is 0 Å². The van der Waals surface area contributed by atoms with Crippen molar-refractivity contribution in [2.75, 3.05) is 5.32 Å². The molecule has 1 amide bonds. The average molecular weight is 467 g/mol. The van der Waals surface area contributed by atoms with Gasteiger partial charge in [-0.3, -0.25) is 18.9 Å². The summed E-state index contributed by atoms with van der Waals surface area (Å²) in [5.74, 6) is 0.927. The molecule has 1 saturated heterocycles. The van der Waals surface area contributed by atoms with Crippen LogP contribution in [0.4, 0.5) is 5.82 Å². The number of anilines is 1. The van der Waals surface area contributed by atoms with Crippen molar-refractivity contribution in [1.29, 1.82) is 0 Å². The van der Waals surface area contributed by atoms with Gasteiger partial charge in [-0.05, 0) is 43.2 Å². The number of rotatable bonds is 5. The standard InChI is InChI=1S/C23H22N4O3S2/c28-21-17(13-18-22(29)27(23(31)32-18)14-16-9-6-12-30-16)20(24-15-7-2-1-3-8-15)25-19-10-4-5-11-26(19)21/h4-6,9-13,15,24H,1-3,7-8,14H2/b18-13-. The third-order valence-electron chi connectivity index (χ3n) is 5.76. The molecule has 2 fully saturated rings. The van der Waals surface area contributed by atoms with Crippen LogP contribution in [0.2, 0.25) is 0 Å². The molecule has 0 unspecified atom stereocenters. The Morgan fingerprint density at radius 3 is 2.81 bits per heavy atom. The summed E-state index contributed by atoms with van der Waals surface area (Å²) in [7, 11) is 0. The Hall–Kier alpha value is -2.91. The third kappa shape index (κ3) is 4.10. The number of amides is 1. The van der Waals surface area contributed by atoms with E-state index in [1.807, 2.05) is 6.07 Å². The molecule has 4 heterocycles. The molecule has 5 rings (SSSR count). The predicted octanol–water partition coefficient (Wildman–Crippen LogP) is 4.43. The number of furan rings is 1. The summed E-state index contributed by atoms with van der Waals surface area (Å²) in [5, 5.41) is 3.48. The van der Waals surface area contributed by atoms with Crippen molar-refractivity contribution < 1.29 is 9.21 Å². The lowest BCUT2D eigenvalue weighted by Crippen LogP contribution is -2.28. The van der Waals surface area contributed by atoms with Gasteiger partial charge in [0.05, 0.1) is 23.3 Å². The van der Waals surface area contributed by atoms with Gasteiger partial charge in [-0.25, -0.2) is 4.98 Å². The normalized spacial score (nSPS) is 18.8. The Balaban J connectivity index is 1.53. The molecule has 0 spiro atoms. The third-order valence-corrected chi connectivity index (χ3v) is 7.14. The van der Waals surface area contributed by atoms with Crippen molar-refractivity contribution in [3.8, 4) is 0 Å². The molecule has 1 aliphatic carbocycles. The number of carbonyl (C=O) groups is 1. The Bertz CT molecular complexity index is 1260. The molecular formula is C23H22N4O3S2. The molecule has 0 atom stereocenters. The zero-order chi connectivity index (χ0) is 22.1. The molecule has 9 heteroatoms. The van der Waals surface area contributed by atoms with Gasteiger partial charge in [0.15, 0.2) is 0 Å². The van der Waals surface area contributed by atoms with Crippen LogP contribution in [0.1, 0.15) is 43.4 Å². The van der Waals surface area contributed by atoms with E-state index in [1.54, 1.807) is 42.8 Å². The Morgan fingerprint density at radius 1 is 1.19 bits per heavy atom. The van der Waals surface area contributed by atoms with Crippen LogP contribution < -0.4 is 10.9 Å². The second kappa shape index (κ2) is 8.91. The van der Waals surface area contributed by atoms with Crippen molar-refractivity contribution >= 4 is 51.7 Å². The van der Waals surface area contributed by atoms with E-state index in [1.165, 1.54) is 27.5 Å². The first kappa shape index (κ1) is 21.0. The highest BCUT2D eigenvalue weighted by Gasteiger charge is 2.33. The number of hydrogen-bond acceptors (Lipinski definition) is 7. The molecule has 0 radical (unpaired) electrons. The summed E-state index contributed by atoms with van der Waals surface area (Å²) in [6.07, 6.45) is 10.5. The number of hydrogen-bond donors (Lipinski definition) is 1. The van der Waals surface area contributed by atoms with Crippen LogP contribution in [0.15, 0.2) is 56.9 Å². The van der Waals surface area contributed by atoms with E-state index in [-0.39, 0.29) is 24.1 Å². The van der Waals surface area contributed by atoms with E-state index in [0.29, 0.717) is 32.0 Å². The zero-order valence-corrected chi connectivity index (χ0v) is 19.0. The van der Waals surface area contributed by atoms with Gasteiger partial charge in [0.25, 0.3) is 11.5 Å². The Morgan fingerprint density at radius 2 is 2.03 bits per heavy atom. The quantitative estimate of drug-likeness (QED) is 0.440. The van der Waals surface area contributed by atoms with E-state index in [4.69, 9.17) is 21.6 Å². The topological polar surface area (TPSA) is 79.9 Å². The van der Waals surface area contributed by atoms with Gasteiger partial charge >= 0.3 is 0 Å². The maximum Gasteiger partial charge on any atom is 0.267 e. The highest BCUT2D eigenvalue weighted by atomic mass is 32.2. The first-order chi connectivity index (χ1) is 15.6. The van der Waals surface area contributed by atoms with Crippen LogP contribution in [-0.2, 0) is 11.3 Å². The van der Waals surface area contributed by atoms with Gasteiger partial charge in [-0.15, -0.1) is 0 Å². The summed E-state index contributed by atoms with van der Waals surface area (Å²) in [4.78, 5) is 33.1. The predicted molar refractivity (Wildman–Crippen MR) is 129 cm³/mol. The van der Waals surface area contributed by atoms with Crippen molar-refractivity contribution in [3.05, 3.63) is 69.4 Å². The van der Waals surface area contributed by atoms with Crippen LogP contribution in [-0.4, -0.2) is 30.6 Å². The van der Waals surface area contributed by atoms with Crippen molar-refractivity contribution in [1.82, 2.24) is 14.3 Å². The fourth-order valence-corrected chi connectivity index (χ4v) is 5.35. The number of thiocarbonyl (C=S) groups is 1. The molecule has 164 valence electrons. The van der Waals surface area contributed by atoms with Gasteiger partial charge < -0.3 is 9.73 Å². The molecular weight excluding hydrogens is 444 g/mol. The summed E-state index contributed by atoms with van der Waals surface area (Å²) in [5.41, 5.74) is 0.723. The van der Waals surface area contributed by atoms with E-state index >= 15 is 0 Å². The van der Waals surface area contributed by atoms with Crippen molar-refractivity contribution in [2.45, 2.75) is 44.7 Å². The van der Waals surface area contributed by atoms with Gasteiger partial charge in [-0.1, -0.05) is 49.3 Å². The lowest BCUT2D eigenvalue weighted by molar-refractivity contribution is -0.122. The number of carbonyl (C=O) groups excluding carboxylic acids is 1. The number of fused-ring (bicyclic) bond motifs is 1. The second-order valence-electron chi connectivity index (χ2n) is 7.93. The molecule has 32 heavy (non-hydrogen) atoms. The highest BCUT2D eigenvalue weighted by Crippen LogP contribution is 2.34. The van der Waals surface area contributed by atoms with E-state index < -0.39 is 0 Å². The molecule has 1 saturated carbocycles. The highest BCUT2D eigenvalue weighted by molar-refractivity contribution is 8.26. The number of thioether (sulfide) groups is 1. The van der Waals surface area contributed by atoms with E-state index in [9.17, 15) is 9.59 Å². The van der Waals surface area contributed by atoms with Crippen LogP contribution in [0.5, 0.6) is 0 Å². The average Bonchev–Trinajstić information content (AvgIpc) is 3.41. The lowest BCUT2D eigenvalue weighted by Gasteiger charge is -2.24. The molecule has 2 aliphatic rings. The fourth-order valence-electron chi connectivity index (χ4n) is 4.11. The SMILES string of the molecule is O=C1/C(=C/c2c(NC3CCCCC3)nc3ccccn3c2=O)SC(=S)N1Cc1ccco1. The van der Waals surface area contributed by atoms with Crippen molar-refractivity contribution in [2.24, 2.45) is 0 Å². The van der Waals surface area contributed by atoms with Gasteiger partial charge in [-0.2, -0.15) is 0 Å². The summed E-state index contributed by atoms with van der Waals surface area (Å²) in [6, 6.07) is 9.28. The summed E-state index contributed by atoms with van der Waals surface area (Å²) in [6.45, 7) is 0.261. The largest absolute Gasteiger partial charge is 0.467 e. The minimum Gasteiger partial charge on any atom is -0.467 e. The first-order valence-electron chi connectivity index (χ1n) is 10.7. The summed E-state index contributed by atoms with van der Waals surface area (Å²) < 4.78 is 7.30. The van der Waals surface area contributed by atoms with Gasteiger partial charge in [0, 0.05) is 12.2 Å². The molecule has 3 aromatic heterocycles. The number of aromatic nitrogens is 2. The molecule has 7 nitrogen and oxygen atoms in total. The van der Waals surface area contributed by atoms with Crippen LogP contribution in [0.25, 0.3) is 11.7 Å². The maximum atomic E-state index is 13.4. The Kier molecular flexibility index (Phi) is 5.84. The molecule has 0 aromatic carbocycles. The molecule has 1 aliphatic heterocycles. The van der Waals surface area contributed by atoms with Crippen LogP contribution in [0.3, 0.4) is 0 Å². The van der Waals surface area contributed by atoms with Crippen LogP contribution in [0, 0.1) is 0 Å². The monoisotopic (exact) mass is 466 g/mol. The molecule has 0 bridgehead atoms. The zero-order valence-electron chi connectivity index (χ0n) is 17.3. The first-order valence-corrected chi connectivity index (χ1v) is 11.9.